The fraction of sp³-hybridized carbons (Fsp3) is 0.273. The molecule has 0 aliphatic carbocycles. The number of aliphatic hydroxyl groups is 1. The second kappa shape index (κ2) is 11.0. The zero-order valence-corrected chi connectivity index (χ0v) is 16.3. The molecule has 2 N–H and O–H groups in total. The minimum Gasteiger partial charge on any atom is -0.493 e. The SMILES string of the molecule is COc1ccccc1OCCNCC(O)COc1ccc(-c2ccccc2)nn1. The first-order valence-corrected chi connectivity index (χ1v) is 9.43. The molecule has 3 aromatic rings. The number of nitrogens with zero attached hydrogens (tertiary/aromatic N) is 2. The maximum atomic E-state index is 10.0. The first-order valence-electron chi connectivity index (χ1n) is 9.43. The molecule has 1 heterocycles. The number of hydrogen-bond acceptors (Lipinski definition) is 7. The van der Waals surface area contributed by atoms with Crippen molar-refractivity contribution in [2.75, 3.05) is 33.4 Å². The summed E-state index contributed by atoms with van der Waals surface area (Å²) >= 11 is 0. The molecule has 1 aromatic heterocycles. The molecular weight excluding hydrogens is 370 g/mol. The molecule has 0 aliphatic heterocycles. The van der Waals surface area contributed by atoms with Crippen LogP contribution in [0.5, 0.6) is 17.4 Å². The molecule has 1 atom stereocenters. The van der Waals surface area contributed by atoms with Crippen molar-refractivity contribution < 1.29 is 19.3 Å². The summed E-state index contributed by atoms with van der Waals surface area (Å²) in [5.41, 5.74) is 1.77. The van der Waals surface area contributed by atoms with Crippen molar-refractivity contribution in [1.29, 1.82) is 0 Å². The van der Waals surface area contributed by atoms with Gasteiger partial charge < -0.3 is 24.6 Å². The zero-order chi connectivity index (χ0) is 20.3. The molecule has 0 aliphatic rings. The summed E-state index contributed by atoms with van der Waals surface area (Å²) in [5, 5.41) is 21.4. The van der Waals surface area contributed by atoms with Crippen molar-refractivity contribution in [1.82, 2.24) is 15.5 Å². The largest absolute Gasteiger partial charge is 0.493 e. The summed E-state index contributed by atoms with van der Waals surface area (Å²) in [6.07, 6.45) is -0.670. The van der Waals surface area contributed by atoms with Gasteiger partial charge in [0.1, 0.15) is 19.3 Å². The van der Waals surface area contributed by atoms with Gasteiger partial charge in [-0.05, 0) is 18.2 Å². The van der Waals surface area contributed by atoms with Crippen LogP contribution in [-0.4, -0.2) is 54.8 Å². The number of para-hydroxylation sites is 2. The smallest absolute Gasteiger partial charge is 0.233 e. The Kier molecular flexibility index (Phi) is 7.80. The number of aromatic nitrogens is 2. The summed E-state index contributed by atoms with van der Waals surface area (Å²) in [7, 11) is 1.61. The molecule has 7 heteroatoms. The van der Waals surface area contributed by atoms with E-state index in [1.54, 1.807) is 13.2 Å². The Hall–Kier alpha value is -3.16. The molecule has 0 fully saturated rings. The Morgan fingerprint density at radius 3 is 2.38 bits per heavy atom. The Morgan fingerprint density at radius 1 is 0.897 bits per heavy atom. The maximum absolute atomic E-state index is 10.0. The van der Waals surface area contributed by atoms with Crippen molar-refractivity contribution in [3.8, 4) is 28.6 Å². The second-order valence-corrected chi connectivity index (χ2v) is 6.29. The van der Waals surface area contributed by atoms with E-state index in [0.29, 0.717) is 37.1 Å². The first kappa shape index (κ1) is 20.6. The van der Waals surface area contributed by atoms with Gasteiger partial charge in [-0.25, -0.2) is 0 Å². The van der Waals surface area contributed by atoms with Gasteiger partial charge >= 0.3 is 0 Å². The summed E-state index contributed by atoms with van der Waals surface area (Å²) in [4.78, 5) is 0. The lowest BCUT2D eigenvalue weighted by Gasteiger charge is -2.14. The van der Waals surface area contributed by atoms with Gasteiger partial charge in [0, 0.05) is 24.7 Å². The Morgan fingerprint density at radius 2 is 1.66 bits per heavy atom. The van der Waals surface area contributed by atoms with E-state index in [1.165, 1.54) is 0 Å². The van der Waals surface area contributed by atoms with E-state index < -0.39 is 6.10 Å². The van der Waals surface area contributed by atoms with Crippen LogP contribution in [0.15, 0.2) is 66.7 Å². The minimum absolute atomic E-state index is 0.125. The highest BCUT2D eigenvalue weighted by Gasteiger charge is 2.07. The van der Waals surface area contributed by atoms with Gasteiger partial charge in [0.25, 0.3) is 0 Å². The molecule has 0 saturated heterocycles. The van der Waals surface area contributed by atoms with E-state index in [0.717, 1.165) is 11.3 Å². The van der Waals surface area contributed by atoms with Crippen LogP contribution in [0.2, 0.25) is 0 Å². The van der Waals surface area contributed by atoms with Crippen LogP contribution in [0.1, 0.15) is 0 Å². The minimum atomic E-state index is -0.670. The monoisotopic (exact) mass is 395 g/mol. The zero-order valence-electron chi connectivity index (χ0n) is 16.3. The van der Waals surface area contributed by atoms with Gasteiger partial charge in [-0.15, -0.1) is 10.2 Å². The molecule has 3 rings (SSSR count). The standard InChI is InChI=1S/C22H25N3O4/c1-27-20-9-5-6-10-21(20)28-14-13-23-15-18(26)16-29-22-12-11-19(24-25-22)17-7-3-2-4-8-17/h2-12,18,23,26H,13-16H2,1H3. The molecule has 2 aromatic carbocycles. The van der Waals surface area contributed by atoms with Crippen molar-refractivity contribution in [2.24, 2.45) is 0 Å². The fourth-order valence-corrected chi connectivity index (χ4v) is 2.64. The number of hydrogen-bond donors (Lipinski definition) is 2. The van der Waals surface area contributed by atoms with Crippen LogP contribution in [0.4, 0.5) is 0 Å². The molecule has 0 saturated carbocycles. The number of benzene rings is 2. The van der Waals surface area contributed by atoms with E-state index in [4.69, 9.17) is 14.2 Å². The maximum Gasteiger partial charge on any atom is 0.233 e. The molecule has 152 valence electrons. The third-order valence-electron chi connectivity index (χ3n) is 4.12. The molecule has 0 bridgehead atoms. The summed E-state index contributed by atoms with van der Waals surface area (Å²) < 4.78 is 16.4. The van der Waals surface area contributed by atoms with Crippen LogP contribution >= 0.6 is 0 Å². The van der Waals surface area contributed by atoms with E-state index in [9.17, 15) is 5.11 Å². The van der Waals surface area contributed by atoms with Crippen LogP contribution < -0.4 is 19.5 Å². The number of aliphatic hydroxyl groups excluding tert-OH is 1. The molecule has 1 unspecified atom stereocenters. The van der Waals surface area contributed by atoms with E-state index >= 15 is 0 Å². The Balaban J connectivity index is 1.33. The Bertz CT molecular complexity index is 859. The van der Waals surface area contributed by atoms with Crippen LogP contribution in [0, 0.1) is 0 Å². The average molecular weight is 395 g/mol. The van der Waals surface area contributed by atoms with E-state index in [2.05, 4.69) is 15.5 Å². The van der Waals surface area contributed by atoms with Gasteiger partial charge in [0.05, 0.1) is 12.8 Å². The second-order valence-electron chi connectivity index (χ2n) is 6.29. The molecule has 29 heavy (non-hydrogen) atoms. The highest BCUT2D eigenvalue weighted by Crippen LogP contribution is 2.25. The first-order chi connectivity index (χ1) is 14.3. The molecule has 0 amide bonds. The molecule has 7 nitrogen and oxygen atoms in total. The van der Waals surface area contributed by atoms with Gasteiger partial charge in [0.15, 0.2) is 11.5 Å². The van der Waals surface area contributed by atoms with Crippen molar-refractivity contribution in [3.63, 3.8) is 0 Å². The number of ether oxygens (including phenoxy) is 3. The highest BCUT2D eigenvalue weighted by molar-refractivity contribution is 5.58. The number of nitrogens with one attached hydrogen (secondary N) is 1. The van der Waals surface area contributed by atoms with Crippen molar-refractivity contribution >= 4 is 0 Å². The third-order valence-corrected chi connectivity index (χ3v) is 4.12. The summed E-state index contributed by atoms with van der Waals surface area (Å²) in [6, 6.07) is 20.9. The molecule has 0 spiro atoms. The lowest BCUT2D eigenvalue weighted by Crippen LogP contribution is -2.33. The quantitative estimate of drug-likeness (QED) is 0.483. The van der Waals surface area contributed by atoms with Crippen molar-refractivity contribution in [3.05, 3.63) is 66.7 Å². The predicted octanol–water partition coefficient (Wildman–Crippen LogP) is 2.56. The van der Waals surface area contributed by atoms with Crippen LogP contribution in [0.3, 0.4) is 0 Å². The predicted molar refractivity (Wildman–Crippen MR) is 110 cm³/mol. The number of rotatable bonds is 11. The number of methoxy groups -OCH3 is 1. The highest BCUT2D eigenvalue weighted by atomic mass is 16.5. The lowest BCUT2D eigenvalue weighted by atomic mass is 10.1. The fourth-order valence-electron chi connectivity index (χ4n) is 2.64. The van der Waals surface area contributed by atoms with Gasteiger partial charge in [-0.3, -0.25) is 0 Å². The summed E-state index contributed by atoms with van der Waals surface area (Å²) in [6.45, 7) is 1.55. The summed E-state index contributed by atoms with van der Waals surface area (Å²) in [5.74, 6) is 1.77. The van der Waals surface area contributed by atoms with Gasteiger partial charge in [-0.2, -0.15) is 0 Å². The van der Waals surface area contributed by atoms with Crippen LogP contribution in [-0.2, 0) is 0 Å². The van der Waals surface area contributed by atoms with E-state index in [1.807, 2.05) is 60.7 Å². The normalized spacial score (nSPS) is 11.7. The molecule has 0 radical (unpaired) electrons. The van der Waals surface area contributed by atoms with Crippen LogP contribution in [0.25, 0.3) is 11.3 Å². The Labute approximate surface area is 170 Å². The molecular formula is C22H25N3O4. The topological polar surface area (TPSA) is 85.7 Å². The average Bonchev–Trinajstić information content (AvgIpc) is 2.78. The van der Waals surface area contributed by atoms with Gasteiger partial charge in [0.2, 0.25) is 5.88 Å². The van der Waals surface area contributed by atoms with Gasteiger partial charge in [-0.1, -0.05) is 42.5 Å². The lowest BCUT2D eigenvalue weighted by molar-refractivity contribution is 0.102. The third kappa shape index (κ3) is 6.44. The van der Waals surface area contributed by atoms with Crippen molar-refractivity contribution in [2.45, 2.75) is 6.10 Å². The van der Waals surface area contributed by atoms with E-state index in [-0.39, 0.29) is 6.61 Å².